The van der Waals surface area contributed by atoms with Crippen molar-refractivity contribution in [1.29, 1.82) is 0 Å². The van der Waals surface area contributed by atoms with Crippen LogP contribution in [0.5, 0.6) is 0 Å². The zero-order chi connectivity index (χ0) is 14.0. The Balaban J connectivity index is 2.41. The lowest BCUT2D eigenvalue weighted by molar-refractivity contribution is 0.0526. The van der Waals surface area contributed by atoms with E-state index in [1.54, 1.807) is 6.92 Å². The van der Waals surface area contributed by atoms with Gasteiger partial charge >= 0.3 is 5.97 Å². The van der Waals surface area contributed by atoms with E-state index in [1.165, 1.54) is 12.1 Å². The first-order valence-corrected chi connectivity index (χ1v) is 7.09. The van der Waals surface area contributed by atoms with Gasteiger partial charge in [0.15, 0.2) is 5.82 Å². The van der Waals surface area contributed by atoms with E-state index < -0.39 is 5.97 Å². The van der Waals surface area contributed by atoms with E-state index in [9.17, 15) is 4.79 Å². The summed E-state index contributed by atoms with van der Waals surface area (Å²) >= 11 is 18.9. The normalized spacial score (nSPS) is 10.5. The molecule has 2 rings (SSSR count). The number of hydrogen-bond acceptors (Lipinski definition) is 5. The SMILES string of the molecule is CCOC(=O)c1nc(-c2c(Cl)cc(Cl)cc2Cl)ns1. The molecule has 1 aromatic carbocycles. The molecule has 0 atom stereocenters. The lowest BCUT2D eigenvalue weighted by Crippen LogP contribution is -2.03. The summed E-state index contributed by atoms with van der Waals surface area (Å²) in [6.45, 7) is 1.99. The summed E-state index contributed by atoms with van der Waals surface area (Å²) in [6.07, 6.45) is 0. The van der Waals surface area contributed by atoms with Crippen LogP contribution in [0.1, 0.15) is 16.7 Å². The maximum absolute atomic E-state index is 11.5. The van der Waals surface area contributed by atoms with Gasteiger partial charge in [0.05, 0.1) is 22.2 Å². The number of rotatable bonds is 3. The Labute approximate surface area is 128 Å². The van der Waals surface area contributed by atoms with Crippen molar-refractivity contribution < 1.29 is 9.53 Å². The van der Waals surface area contributed by atoms with E-state index in [0.29, 0.717) is 20.6 Å². The predicted molar refractivity (Wildman–Crippen MR) is 76.3 cm³/mol. The molecule has 0 fully saturated rings. The molecule has 0 N–H and O–H groups in total. The zero-order valence-electron chi connectivity index (χ0n) is 9.61. The molecular weight excluding hydrogens is 331 g/mol. The van der Waals surface area contributed by atoms with Crippen LogP contribution in [0, 0.1) is 0 Å². The van der Waals surface area contributed by atoms with Crippen LogP contribution >= 0.6 is 46.3 Å². The molecule has 0 unspecified atom stereocenters. The number of carbonyl (C=O) groups excluding carboxylic acids is 1. The summed E-state index contributed by atoms with van der Waals surface area (Å²) < 4.78 is 8.90. The second-order valence-electron chi connectivity index (χ2n) is 3.39. The summed E-state index contributed by atoms with van der Waals surface area (Å²) in [4.78, 5) is 15.6. The van der Waals surface area contributed by atoms with Crippen molar-refractivity contribution in [2.45, 2.75) is 6.92 Å². The summed E-state index contributed by atoms with van der Waals surface area (Å²) in [6, 6.07) is 3.07. The van der Waals surface area contributed by atoms with Crippen molar-refractivity contribution in [3.05, 3.63) is 32.2 Å². The standard InChI is InChI=1S/C11H7Cl3N2O2S/c1-2-18-11(17)10-15-9(16-19-10)8-6(13)3-5(12)4-7(8)14/h3-4H,2H2,1H3. The van der Waals surface area contributed by atoms with Crippen LogP contribution in [-0.2, 0) is 4.74 Å². The van der Waals surface area contributed by atoms with Crippen LogP contribution in [0.2, 0.25) is 15.1 Å². The maximum Gasteiger partial charge on any atom is 0.369 e. The van der Waals surface area contributed by atoms with Crippen molar-refractivity contribution in [3.8, 4) is 11.4 Å². The first-order valence-electron chi connectivity index (χ1n) is 5.18. The molecule has 1 heterocycles. The van der Waals surface area contributed by atoms with Crippen LogP contribution in [0.3, 0.4) is 0 Å². The molecule has 0 saturated carbocycles. The van der Waals surface area contributed by atoms with E-state index in [-0.39, 0.29) is 17.4 Å². The Morgan fingerprint density at radius 3 is 2.53 bits per heavy atom. The molecule has 8 heteroatoms. The molecule has 0 amide bonds. The third-order valence-electron chi connectivity index (χ3n) is 2.11. The fraction of sp³-hybridized carbons (Fsp3) is 0.182. The summed E-state index contributed by atoms with van der Waals surface area (Å²) in [7, 11) is 0. The number of aromatic nitrogens is 2. The third-order valence-corrected chi connectivity index (χ3v) is 3.62. The Morgan fingerprint density at radius 2 is 1.95 bits per heavy atom. The van der Waals surface area contributed by atoms with Crippen molar-refractivity contribution in [2.75, 3.05) is 6.61 Å². The van der Waals surface area contributed by atoms with E-state index in [1.807, 2.05) is 0 Å². The minimum absolute atomic E-state index is 0.152. The Hall–Kier alpha value is -0.880. The monoisotopic (exact) mass is 336 g/mol. The van der Waals surface area contributed by atoms with Crippen LogP contribution in [-0.4, -0.2) is 21.9 Å². The van der Waals surface area contributed by atoms with Gasteiger partial charge in [-0.05, 0) is 30.6 Å². The Bertz CT molecular complexity index is 607. The predicted octanol–water partition coefficient (Wildman–Crippen LogP) is 4.34. The minimum atomic E-state index is -0.521. The van der Waals surface area contributed by atoms with E-state index in [2.05, 4.69) is 9.36 Å². The molecule has 0 aliphatic carbocycles. The van der Waals surface area contributed by atoms with Crippen LogP contribution in [0.4, 0.5) is 0 Å². The lowest BCUT2D eigenvalue weighted by atomic mass is 10.2. The van der Waals surface area contributed by atoms with Gasteiger partial charge in [-0.3, -0.25) is 0 Å². The van der Waals surface area contributed by atoms with Gasteiger partial charge in [0.1, 0.15) is 0 Å². The van der Waals surface area contributed by atoms with Gasteiger partial charge in [-0.1, -0.05) is 34.8 Å². The van der Waals surface area contributed by atoms with Gasteiger partial charge < -0.3 is 4.74 Å². The van der Waals surface area contributed by atoms with Gasteiger partial charge in [0, 0.05) is 5.02 Å². The van der Waals surface area contributed by atoms with Gasteiger partial charge in [-0.2, -0.15) is 4.37 Å². The van der Waals surface area contributed by atoms with E-state index in [0.717, 1.165) is 11.5 Å². The molecule has 4 nitrogen and oxygen atoms in total. The first kappa shape index (κ1) is 14.5. The molecule has 0 bridgehead atoms. The molecule has 19 heavy (non-hydrogen) atoms. The van der Waals surface area contributed by atoms with Crippen LogP contribution < -0.4 is 0 Å². The lowest BCUT2D eigenvalue weighted by Gasteiger charge is -2.03. The van der Waals surface area contributed by atoms with E-state index in [4.69, 9.17) is 39.5 Å². The highest BCUT2D eigenvalue weighted by Crippen LogP contribution is 2.36. The van der Waals surface area contributed by atoms with Crippen LogP contribution in [0.25, 0.3) is 11.4 Å². The number of benzene rings is 1. The zero-order valence-corrected chi connectivity index (χ0v) is 12.7. The second kappa shape index (κ2) is 6.05. The number of esters is 1. The smallest absolute Gasteiger partial charge is 0.369 e. The first-order chi connectivity index (χ1) is 9.02. The Kier molecular flexibility index (Phi) is 4.62. The molecule has 0 radical (unpaired) electrons. The van der Waals surface area contributed by atoms with Gasteiger partial charge in [0.25, 0.3) is 0 Å². The van der Waals surface area contributed by atoms with Gasteiger partial charge in [0.2, 0.25) is 5.01 Å². The molecule has 2 aromatic rings. The molecule has 0 saturated heterocycles. The topological polar surface area (TPSA) is 52.1 Å². The number of ether oxygens (including phenoxy) is 1. The Morgan fingerprint density at radius 1 is 1.32 bits per heavy atom. The highest BCUT2D eigenvalue weighted by molar-refractivity contribution is 7.07. The summed E-state index contributed by atoms with van der Waals surface area (Å²) in [5.41, 5.74) is 0.444. The number of hydrogen-bond donors (Lipinski definition) is 0. The molecule has 0 aliphatic rings. The average molecular weight is 338 g/mol. The highest BCUT2D eigenvalue weighted by Gasteiger charge is 2.18. The quantitative estimate of drug-likeness (QED) is 0.782. The van der Waals surface area contributed by atoms with Crippen molar-refractivity contribution in [3.63, 3.8) is 0 Å². The molecule has 0 aliphatic heterocycles. The summed E-state index contributed by atoms with van der Waals surface area (Å²) in [5, 5.41) is 1.22. The molecule has 100 valence electrons. The van der Waals surface area contributed by atoms with Crippen molar-refractivity contribution >= 4 is 52.3 Å². The molecule has 1 aromatic heterocycles. The van der Waals surface area contributed by atoms with Crippen molar-refractivity contribution in [1.82, 2.24) is 9.36 Å². The second-order valence-corrected chi connectivity index (χ2v) is 5.39. The maximum atomic E-state index is 11.5. The highest BCUT2D eigenvalue weighted by atomic mass is 35.5. The molecule has 0 spiro atoms. The number of nitrogens with zero attached hydrogens (tertiary/aromatic N) is 2. The number of halogens is 3. The van der Waals surface area contributed by atoms with Crippen LogP contribution in [0.15, 0.2) is 12.1 Å². The number of carbonyl (C=O) groups is 1. The average Bonchev–Trinajstić information content (AvgIpc) is 2.77. The third kappa shape index (κ3) is 3.17. The fourth-order valence-corrected chi connectivity index (χ4v) is 2.91. The fourth-order valence-electron chi connectivity index (χ4n) is 1.36. The minimum Gasteiger partial charge on any atom is -0.461 e. The van der Waals surface area contributed by atoms with Gasteiger partial charge in [-0.25, -0.2) is 9.78 Å². The van der Waals surface area contributed by atoms with Crippen molar-refractivity contribution in [2.24, 2.45) is 0 Å². The largest absolute Gasteiger partial charge is 0.461 e. The van der Waals surface area contributed by atoms with E-state index >= 15 is 0 Å². The molecular formula is C11H7Cl3N2O2S. The van der Waals surface area contributed by atoms with Gasteiger partial charge in [-0.15, -0.1) is 0 Å². The summed E-state index contributed by atoms with van der Waals surface area (Å²) in [5.74, 6) is -0.243.